The van der Waals surface area contributed by atoms with Gasteiger partial charge < -0.3 is 20.1 Å². The summed E-state index contributed by atoms with van der Waals surface area (Å²) in [6.07, 6.45) is 0. The van der Waals surface area contributed by atoms with Crippen LogP contribution >= 0.6 is 11.8 Å². The van der Waals surface area contributed by atoms with Crippen molar-refractivity contribution in [3.63, 3.8) is 0 Å². The largest absolute Gasteiger partial charge is 0.467 e. The molecule has 0 atom stereocenters. The van der Waals surface area contributed by atoms with E-state index in [0.29, 0.717) is 30.4 Å². The predicted octanol–water partition coefficient (Wildman–Crippen LogP) is 1.56. The van der Waals surface area contributed by atoms with Gasteiger partial charge in [-0.1, -0.05) is 0 Å². The summed E-state index contributed by atoms with van der Waals surface area (Å²) in [6, 6.07) is 2.89. The smallest absolute Gasteiger partial charge is 0.191 e. The van der Waals surface area contributed by atoms with Crippen molar-refractivity contribution in [2.75, 3.05) is 31.4 Å². The molecule has 1 fully saturated rings. The summed E-state index contributed by atoms with van der Waals surface area (Å²) >= 11 is 1.92. The molecule has 2 heterocycles. The van der Waals surface area contributed by atoms with Gasteiger partial charge in [-0.05, 0) is 12.1 Å². The maximum Gasteiger partial charge on any atom is 0.191 e. The zero-order valence-corrected chi connectivity index (χ0v) is 12.5. The minimum Gasteiger partial charge on any atom is -0.467 e. The molecule has 0 bridgehead atoms. The van der Waals surface area contributed by atoms with Crippen LogP contribution in [0.3, 0.4) is 0 Å². The molecule has 0 unspecified atom stereocenters. The third-order valence-electron chi connectivity index (χ3n) is 3.50. The third kappa shape index (κ3) is 3.41. The van der Waals surface area contributed by atoms with E-state index in [-0.39, 0.29) is 12.6 Å². The Balaban J connectivity index is 1.76. The maximum atomic E-state index is 13.6. The third-order valence-corrected chi connectivity index (χ3v) is 4.44. The zero-order valence-electron chi connectivity index (χ0n) is 11.7. The molecule has 21 heavy (non-hydrogen) atoms. The molecule has 1 aromatic carbocycles. The van der Waals surface area contributed by atoms with E-state index in [9.17, 15) is 4.39 Å². The lowest BCUT2D eigenvalue weighted by molar-refractivity contribution is -0.0172. The van der Waals surface area contributed by atoms with Crippen LogP contribution in [0.4, 0.5) is 4.39 Å². The van der Waals surface area contributed by atoms with Crippen molar-refractivity contribution in [2.45, 2.75) is 13.2 Å². The Hall–Kier alpha value is -1.47. The second-order valence-electron chi connectivity index (χ2n) is 4.94. The summed E-state index contributed by atoms with van der Waals surface area (Å²) in [4.78, 5) is 6.45. The summed E-state index contributed by atoms with van der Waals surface area (Å²) in [6.45, 7) is 2.68. The number of rotatable bonds is 2. The van der Waals surface area contributed by atoms with Crippen molar-refractivity contribution in [1.29, 1.82) is 0 Å². The fraction of sp³-hybridized carbons (Fsp3) is 0.500. The monoisotopic (exact) mass is 311 g/mol. The van der Waals surface area contributed by atoms with Crippen LogP contribution in [0.2, 0.25) is 0 Å². The van der Waals surface area contributed by atoms with Gasteiger partial charge in [0.15, 0.2) is 12.8 Å². The molecule has 2 aliphatic rings. The lowest BCUT2D eigenvalue weighted by Crippen LogP contribution is -2.42. The molecule has 114 valence electrons. The Labute approximate surface area is 127 Å². The highest BCUT2D eigenvalue weighted by Crippen LogP contribution is 2.29. The summed E-state index contributed by atoms with van der Waals surface area (Å²) in [5.41, 5.74) is 7.45. The van der Waals surface area contributed by atoms with Gasteiger partial charge in [-0.2, -0.15) is 11.8 Å². The molecule has 0 aromatic heterocycles. The minimum absolute atomic E-state index is 0.189. The van der Waals surface area contributed by atoms with E-state index in [2.05, 4.69) is 9.89 Å². The van der Waals surface area contributed by atoms with Gasteiger partial charge in [-0.15, -0.1) is 0 Å². The van der Waals surface area contributed by atoms with Gasteiger partial charge >= 0.3 is 0 Å². The van der Waals surface area contributed by atoms with Gasteiger partial charge in [0.2, 0.25) is 0 Å². The van der Waals surface area contributed by atoms with Crippen molar-refractivity contribution < 1.29 is 13.9 Å². The molecule has 3 rings (SSSR count). The minimum atomic E-state index is -0.305. The Morgan fingerprint density at radius 3 is 3.00 bits per heavy atom. The molecule has 5 nitrogen and oxygen atoms in total. The van der Waals surface area contributed by atoms with Crippen LogP contribution in [0.25, 0.3) is 0 Å². The van der Waals surface area contributed by atoms with E-state index in [0.717, 1.165) is 30.2 Å². The molecule has 2 N–H and O–H groups in total. The van der Waals surface area contributed by atoms with Crippen LogP contribution in [0, 0.1) is 5.82 Å². The van der Waals surface area contributed by atoms with E-state index in [1.807, 2.05) is 11.8 Å². The van der Waals surface area contributed by atoms with Crippen molar-refractivity contribution >= 4 is 17.7 Å². The first-order valence-electron chi connectivity index (χ1n) is 6.88. The molecule has 1 aromatic rings. The highest BCUT2D eigenvalue weighted by atomic mass is 32.2. The van der Waals surface area contributed by atoms with Gasteiger partial charge in [0.05, 0.1) is 13.2 Å². The standard InChI is InChI=1S/C14H18FN3O2S/c15-12-5-10(13-11(6-12)8-19-9-20-13)7-17-14(16)18-1-3-21-4-2-18/h5-6H,1-4,7-9H2,(H2,16,17). The van der Waals surface area contributed by atoms with Gasteiger partial charge in [0, 0.05) is 35.7 Å². The second kappa shape index (κ2) is 6.53. The predicted molar refractivity (Wildman–Crippen MR) is 80.9 cm³/mol. The fourth-order valence-corrected chi connectivity index (χ4v) is 3.34. The van der Waals surface area contributed by atoms with Crippen LogP contribution in [0.1, 0.15) is 11.1 Å². The number of ether oxygens (including phenoxy) is 2. The average Bonchev–Trinajstić information content (AvgIpc) is 2.53. The number of aliphatic imine (C=N–C) groups is 1. The molecule has 0 spiro atoms. The van der Waals surface area contributed by atoms with Crippen molar-refractivity contribution in [2.24, 2.45) is 10.7 Å². The van der Waals surface area contributed by atoms with Crippen molar-refractivity contribution in [1.82, 2.24) is 4.90 Å². The van der Waals surface area contributed by atoms with Crippen molar-refractivity contribution in [3.8, 4) is 5.75 Å². The molecule has 0 aliphatic carbocycles. The molecule has 2 aliphatic heterocycles. The van der Waals surface area contributed by atoms with Crippen LogP contribution in [-0.2, 0) is 17.9 Å². The van der Waals surface area contributed by atoms with E-state index in [4.69, 9.17) is 15.2 Å². The van der Waals surface area contributed by atoms with Gasteiger partial charge in [-0.3, -0.25) is 0 Å². The first kappa shape index (κ1) is 14.5. The SMILES string of the molecule is NC(=NCc1cc(F)cc2c1OCOC2)N1CCSCC1. The Kier molecular flexibility index (Phi) is 4.50. The number of hydrogen-bond acceptors (Lipinski definition) is 4. The van der Waals surface area contributed by atoms with E-state index >= 15 is 0 Å². The quantitative estimate of drug-likeness (QED) is 0.663. The highest BCUT2D eigenvalue weighted by Gasteiger charge is 2.17. The lowest BCUT2D eigenvalue weighted by Gasteiger charge is -2.27. The van der Waals surface area contributed by atoms with Crippen LogP contribution in [-0.4, -0.2) is 42.2 Å². The summed E-state index contributed by atoms with van der Waals surface area (Å²) in [5.74, 6) is 3.01. The lowest BCUT2D eigenvalue weighted by atomic mass is 10.1. The van der Waals surface area contributed by atoms with Crippen LogP contribution in [0.15, 0.2) is 17.1 Å². The zero-order chi connectivity index (χ0) is 14.7. The second-order valence-corrected chi connectivity index (χ2v) is 6.16. The normalized spacial score (nSPS) is 19.1. The number of benzene rings is 1. The van der Waals surface area contributed by atoms with Crippen LogP contribution < -0.4 is 10.5 Å². The Bertz CT molecular complexity index is 547. The van der Waals surface area contributed by atoms with E-state index in [1.165, 1.54) is 12.1 Å². The van der Waals surface area contributed by atoms with E-state index in [1.54, 1.807) is 0 Å². The van der Waals surface area contributed by atoms with Crippen molar-refractivity contribution in [3.05, 3.63) is 29.1 Å². The number of nitrogens with zero attached hydrogens (tertiary/aromatic N) is 2. The number of nitrogens with two attached hydrogens (primary N) is 1. The number of hydrogen-bond donors (Lipinski definition) is 1. The molecule has 0 radical (unpaired) electrons. The highest BCUT2D eigenvalue weighted by molar-refractivity contribution is 7.99. The summed E-state index contributed by atoms with van der Waals surface area (Å²) in [5, 5.41) is 0. The maximum absolute atomic E-state index is 13.6. The average molecular weight is 311 g/mol. The Morgan fingerprint density at radius 2 is 2.19 bits per heavy atom. The summed E-state index contributed by atoms with van der Waals surface area (Å²) in [7, 11) is 0. The molecule has 0 amide bonds. The fourth-order valence-electron chi connectivity index (χ4n) is 2.43. The first-order chi connectivity index (χ1) is 10.2. The van der Waals surface area contributed by atoms with Gasteiger partial charge in [0.1, 0.15) is 11.6 Å². The molecule has 7 heteroatoms. The molecule has 1 saturated heterocycles. The first-order valence-corrected chi connectivity index (χ1v) is 8.04. The van der Waals surface area contributed by atoms with Gasteiger partial charge in [0.25, 0.3) is 0 Å². The van der Waals surface area contributed by atoms with E-state index < -0.39 is 0 Å². The number of guanidine groups is 1. The number of fused-ring (bicyclic) bond motifs is 1. The molecule has 0 saturated carbocycles. The molecular weight excluding hydrogens is 293 g/mol. The topological polar surface area (TPSA) is 60.1 Å². The van der Waals surface area contributed by atoms with Crippen LogP contribution in [0.5, 0.6) is 5.75 Å². The number of thioether (sulfide) groups is 1. The molecular formula is C14H18FN3O2S. The Morgan fingerprint density at radius 1 is 1.38 bits per heavy atom. The summed E-state index contributed by atoms with van der Waals surface area (Å²) < 4.78 is 24.3. The number of halogens is 1. The van der Waals surface area contributed by atoms with Gasteiger partial charge in [-0.25, -0.2) is 9.38 Å².